The minimum atomic E-state index is -0.0105. The summed E-state index contributed by atoms with van der Waals surface area (Å²) < 4.78 is 6.43. The molecular formula is C25H25N3O2S. The maximum absolute atomic E-state index is 13.4. The number of methoxy groups -OCH3 is 1. The second-order valence-corrected chi connectivity index (χ2v) is 8.72. The largest absolute Gasteiger partial charge is 0.496 e. The van der Waals surface area contributed by atoms with Crippen LogP contribution in [0, 0.1) is 20.8 Å². The van der Waals surface area contributed by atoms with Gasteiger partial charge in [0.25, 0.3) is 0 Å². The number of hydrogen-bond acceptors (Lipinski definition) is 5. The monoisotopic (exact) mass is 431 g/mol. The molecule has 6 heteroatoms. The fourth-order valence-electron chi connectivity index (χ4n) is 3.71. The first-order chi connectivity index (χ1) is 14.9. The quantitative estimate of drug-likeness (QED) is 0.410. The molecule has 2 aromatic heterocycles. The van der Waals surface area contributed by atoms with Crippen molar-refractivity contribution in [2.24, 2.45) is 0 Å². The number of ether oxygens (including phenoxy) is 1. The smallest absolute Gasteiger partial charge is 0.233 e. The van der Waals surface area contributed by atoms with Crippen molar-refractivity contribution in [3.63, 3.8) is 0 Å². The minimum Gasteiger partial charge on any atom is -0.496 e. The first-order valence-electron chi connectivity index (χ1n) is 10.2. The normalized spacial score (nSPS) is 11.0. The van der Waals surface area contributed by atoms with Crippen molar-refractivity contribution < 1.29 is 9.53 Å². The van der Waals surface area contributed by atoms with Crippen molar-refractivity contribution in [1.29, 1.82) is 0 Å². The average Bonchev–Trinajstić information content (AvgIpc) is 3.17. The van der Waals surface area contributed by atoms with Gasteiger partial charge in [0, 0.05) is 6.20 Å². The molecule has 0 bridgehead atoms. The van der Waals surface area contributed by atoms with Crippen molar-refractivity contribution >= 4 is 32.6 Å². The Morgan fingerprint density at radius 2 is 1.90 bits per heavy atom. The van der Waals surface area contributed by atoms with Gasteiger partial charge in [0.2, 0.25) is 5.91 Å². The van der Waals surface area contributed by atoms with E-state index in [1.165, 1.54) is 5.56 Å². The number of amides is 1. The third-order valence-corrected chi connectivity index (χ3v) is 6.24. The van der Waals surface area contributed by atoms with Gasteiger partial charge in [0.1, 0.15) is 5.75 Å². The number of rotatable bonds is 6. The summed E-state index contributed by atoms with van der Waals surface area (Å²) in [6.07, 6.45) is 2.03. The van der Waals surface area contributed by atoms with Crippen LogP contribution in [0.1, 0.15) is 27.9 Å². The predicted octanol–water partition coefficient (Wildman–Crippen LogP) is 5.40. The zero-order chi connectivity index (χ0) is 22.0. The highest BCUT2D eigenvalue weighted by atomic mass is 32.1. The molecule has 0 aliphatic heterocycles. The lowest BCUT2D eigenvalue weighted by Gasteiger charge is -2.20. The number of pyridine rings is 1. The van der Waals surface area contributed by atoms with Crippen LogP contribution in [-0.4, -0.2) is 23.0 Å². The molecule has 2 heterocycles. The summed E-state index contributed by atoms with van der Waals surface area (Å²) in [5, 5.41) is 0.699. The SMILES string of the molecule is COc1ccc(CC(=O)N(Cc2ccccn2)c2nc3c(C)cc(C)cc3s2)cc1C. The average molecular weight is 432 g/mol. The highest BCUT2D eigenvalue weighted by molar-refractivity contribution is 7.22. The van der Waals surface area contributed by atoms with Gasteiger partial charge in [-0.15, -0.1) is 0 Å². The zero-order valence-corrected chi connectivity index (χ0v) is 19.0. The molecule has 0 saturated carbocycles. The standard InChI is InChI=1S/C25H25N3O2S/c1-16-11-18(3)24-22(12-16)31-25(27-24)28(15-20-7-5-6-10-26-20)23(29)14-19-8-9-21(30-4)17(2)13-19/h5-13H,14-15H2,1-4H3. The molecule has 4 rings (SSSR count). The number of aryl methyl sites for hydroxylation is 3. The van der Waals surface area contributed by atoms with Gasteiger partial charge < -0.3 is 4.74 Å². The third kappa shape index (κ3) is 4.59. The lowest BCUT2D eigenvalue weighted by Crippen LogP contribution is -2.32. The van der Waals surface area contributed by atoms with Crippen molar-refractivity contribution in [2.45, 2.75) is 33.7 Å². The minimum absolute atomic E-state index is 0.0105. The van der Waals surface area contributed by atoms with E-state index >= 15 is 0 Å². The van der Waals surface area contributed by atoms with Crippen LogP contribution in [0.5, 0.6) is 5.75 Å². The second-order valence-electron chi connectivity index (χ2n) is 7.71. The number of anilines is 1. The molecule has 31 heavy (non-hydrogen) atoms. The van der Waals surface area contributed by atoms with E-state index in [0.29, 0.717) is 11.7 Å². The molecule has 0 spiro atoms. The summed E-state index contributed by atoms with van der Waals surface area (Å²) in [6, 6.07) is 15.8. The van der Waals surface area contributed by atoms with E-state index < -0.39 is 0 Å². The van der Waals surface area contributed by atoms with Gasteiger partial charge in [0.05, 0.1) is 36.0 Å². The predicted molar refractivity (Wildman–Crippen MR) is 126 cm³/mol. The van der Waals surface area contributed by atoms with Gasteiger partial charge in [-0.2, -0.15) is 0 Å². The van der Waals surface area contributed by atoms with E-state index in [9.17, 15) is 4.79 Å². The van der Waals surface area contributed by atoms with Gasteiger partial charge in [-0.1, -0.05) is 35.6 Å². The molecule has 158 valence electrons. The number of benzene rings is 2. The number of aromatic nitrogens is 2. The lowest BCUT2D eigenvalue weighted by atomic mass is 10.1. The molecule has 0 unspecified atom stereocenters. The van der Waals surface area contributed by atoms with Crippen LogP contribution in [0.4, 0.5) is 5.13 Å². The van der Waals surface area contributed by atoms with Crippen LogP contribution in [0.3, 0.4) is 0 Å². The Hall–Kier alpha value is -3.25. The first-order valence-corrected chi connectivity index (χ1v) is 11.0. The lowest BCUT2D eigenvalue weighted by molar-refractivity contribution is -0.118. The van der Waals surface area contributed by atoms with Crippen LogP contribution >= 0.6 is 11.3 Å². The summed E-state index contributed by atoms with van der Waals surface area (Å²) >= 11 is 1.55. The molecule has 0 aliphatic rings. The summed E-state index contributed by atoms with van der Waals surface area (Å²) in [5.41, 5.74) is 6.04. The van der Waals surface area contributed by atoms with Crippen LogP contribution < -0.4 is 9.64 Å². The summed E-state index contributed by atoms with van der Waals surface area (Å²) in [5.74, 6) is 0.808. The Morgan fingerprint density at radius 3 is 2.61 bits per heavy atom. The van der Waals surface area contributed by atoms with E-state index in [2.05, 4.69) is 31.0 Å². The highest BCUT2D eigenvalue weighted by Crippen LogP contribution is 2.33. The molecule has 0 atom stereocenters. The van der Waals surface area contributed by atoms with E-state index in [-0.39, 0.29) is 12.3 Å². The number of nitrogens with zero attached hydrogens (tertiary/aromatic N) is 3. The van der Waals surface area contributed by atoms with E-state index in [1.54, 1.807) is 29.5 Å². The molecule has 4 aromatic rings. The zero-order valence-electron chi connectivity index (χ0n) is 18.2. The van der Waals surface area contributed by atoms with Gasteiger partial charge in [-0.3, -0.25) is 14.7 Å². The Kier molecular flexibility index (Phi) is 6.00. The van der Waals surface area contributed by atoms with Gasteiger partial charge in [0.15, 0.2) is 5.13 Å². The van der Waals surface area contributed by atoms with Crippen molar-refractivity contribution in [3.05, 3.63) is 82.7 Å². The van der Waals surface area contributed by atoms with Gasteiger partial charge in [-0.25, -0.2) is 4.98 Å². The first kappa shape index (κ1) is 21.0. The van der Waals surface area contributed by atoms with Crippen LogP contribution in [0.15, 0.2) is 54.7 Å². The maximum atomic E-state index is 13.4. The fraction of sp³-hybridized carbons (Fsp3) is 0.240. The molecule has 5 nitrogen and oxygen atoms in total. The Bertz CT molecular complexity index is 1230. The topological polar surface area (TPSA) is 55.3 Å². The third-order valence-electron chi connectivity index (χ3n) is 5.21. The summed E-state index contributed by atoms with van der Waals surface area (Å²) in [7, 11) is 1.65. The number of hydrogen-bond donors (Lipinski definition) is 0. The Morgan fingerprint density at radius 1 is 1.06 bits per heavy atom. The van der Waals surface area contributed by atoms with Gasteiger partial charge >= 0.3 is 0 Å². The molecule has 0 aliphatic carbocycles. The van der Waals surface area contributed by atoms with Gasteiger partial charge in [-0.05, 0) is 67.3 Å². The number of carbonyl (C=O) groups excluding carboxylic acids is 1. The fourth-order valence-corrected chi connectivity index (χ4v) is 4.87. The molecule has 2 aromatic carbocycles. The second kappa shape index (κ2) is 8.86. The number of thiazole rings is 1. The maximum Gasteiger partial charge on any atom is 0.233 e. The number of fused-ring (bicyclic) bond motifs is 1. The number of carbonyl (C=O) groups is 1. The summed E-state index contributed by atoms with van der Waals surface area (Å²) in [6.45, 7) is 6.50. The molecule has 0 radical (unpaired) electrons. The molecule has 0 saturated heterocycles. The van der Waals surface area contributed by atoms with E-state index in [0.717, 1.165) is 38.4 Å². The Balaban J connectivity index is 1.69. The van der Waals surface area contributed by atoms with Crippen LogP contribution in [0.2, 0.25) is 0 Å². The van der Waals surface area contributed by atoms with Crippen LogP contribution in [-0.2, 0) is 17.8 Å². The van der Waals surface area contributed by atoms with E-state index in [4.69, 9.17) is 9.72 Å². The Labute approximate surface area is 186 Å². The molecule has 1 amide bonds. The van der Waals surface area contributed by atoms with Crippen molar-refractivity contribution in [2.75, 3.05) is 12.0 Å². The summed E-state index contributed by atoms with van der Waals surface area (Å²) in [4.78, 5) is 24.5. The molecule has 0 fully saturated rings. The molecular weight excluding hydrogens is 406 g/mol. The van der Waals surface area contributed by atoms with E-state index in [1.807, 2.05) is 43.3 Å². The van der Waals surface area contributed by atoms with Crippen molar-refractivity contribution in [3.8, 4) is 5.75 Å². The van der Waals surface area contributed by atoms with Crippen LogP contribution in [0.25, 0.3) is 10.2 Å². The van der Waals surface area contributed by atoms with Crippen molar-refractivity contribution in [1.82, 2.24) is 9.97 Å². The highest BCUT2D eigenvalue weighted by Gasteiger charge is 2.22. The molecule has 0 N–H and O–H groups in total.